The maximum atomic E-state index is 11.7. The van der Waals surface area contributed by atoms with Gasteiger partial charge in [0.15, 0.2) is 5.96 Å². The summed E-state index contributed by atoms with van der Waals surface area (Å²) in [6.45, 7) is 6.62. The first-order valence-corrected chi connectivity index (χ1v) is 11.2. The van der Waals surface area contributed by atoms with Crippen LogP contribution in [-0.2, 0) is 6.54 Å². The quantitative estimate of drug-likeness (QED) is 0.272. The number of guanidine groups is 1. The molecule has 1 aliphatic rings. The van der Waals surface area contributed by atoms with Gasteiger partial charge in [-0.15, -0.1) is 35.3 Å². The summed E-state index contributed by atoms with van der Waals surface area (Å²) in [7, 11) is 1.64. The lowest BCUT2D eigenvalue weighted by Gasteiger charge is -2.27. The molecule has 2 heterocycles. The van der Waals surface area contributed by atoms with E-state index in [0.717, 1.165) is 37.7 Å². The number of hydrogen-bond donors (Lipinski definition) is 3. The largest absolute Gasteiger partial charge is 0.357 e. The molecule has 6 nitrogen and oxygen atoms in total. The fourth-order valence-electron chi connectivity index (χ4n) is 3.56. The normalized spacial score (nSPS) is 15.3. The van der Waals surface area contributed by atoms with E-state index >= 15 is 0 Å². The molecule has 3 rings (SSSR count). The number of benzene rings is 1. The Balaban J connectivity index is 0.00000320. The number of amides is 1. The van der Waals surface area contributed by atoms with Crippen LogP contribution >= 0.6 is 35.3 Å². The highest BCUT2D eigenvalue weighted by Crippen LogP contribution is 2.27. The lowest BCUT2D eigenvalue weighted by atomic mass is 10.1. The second kappa shape index (κ2) is 12.9. The Bertz CT molecular complexity index is 788. The van der Waals surface area contributed by atoms with Gasteiger partial charge in [-0.05, 0) is 62.0 Å². The molecule has 0 saturated carbocycles. The van der Waals surface area contributed by atoms with Crippen LogP contribution in [0.25, 0.3) is 0 Å². The average Bonchev–Trinajstić information content (AvgIpc) is 3.47. The standard InChI is InChI=1S/C22H31N5OS.HI/c1-3-24-22(25-15-17-8-10-18(11-9-17)21(28)23-2)26-16-19(20-7-6-14-29-20)27-12-4-5-13-27;/h6-11,14,19H,3-5,12-13,15-16H2,1-2H3,(H,23,28)(H2,24,25,26);1H. The fraction of sp³-hybridized carbons (Fsp3) is 0.455. The topological polar surface area (TPSA) is 68.8 Å². The number of thiophene rings is 1. The van der Waals surface area contributed by atoms with Crippen LogP contribution in [0.4, 0.5) is 0 Å². The lowest BCUT2D eigenvalue weighted by molar-refractivity contribution is 0.0963. The molecular formula is C22H32IN5OS. The van der Waals surface area contributed by atoms with Gasteiger partial charge in [0.25, 0.3) is 5.91 Å². The van der Waals surface area contributed by atoms with Gasteiger partial charge in [0.2, 0.25) is 0 Å². The molecule has 1 amide bonds. The SMILES string of the molecule is CCNC(=NCc1ccc(C(=O)NC)cc1)NCC(c1cccs1)N1CCCC1.I. The summed E-state index contributed by atoms with van der Waals surface area (Å²) in [4.78, 5) is 20.4. The minimum Gasteiger partial charge on any atom is -0.357 e. The van der Waals surface area contributed by atoms with Gasteiger partial charge in [0, 0.05) is 30.6 Å². The molecule has 1 aromatic carbocycles. The summed E-state index contributed by atoms with van der Waals surface area (Å²) in [6, 6.07) is 12.3. The lowest BCUT2D eigenvalue weighted by Crippen LogP contribution is -2.42. The third kappa shape index (κ3) is 6.95. The van der Waals surface area contributed by atoms with Crippen molar-refractivity contribution in [1.82, 2.24) is 20.9 Å². The molecule has 1 fully saturated rings. The van der Waals surface area contributed by atoms with Gasteiger partial charge >= 0.3 is 0 Å². The Morgan fingerprint density at radius 2 is 1.90 bits per heavy atom. The predicted octanol–water partition coefficient (Wildman–Crippen LogP) is 3.62. The molecule has 164 valence electrons. The van der Waals surface area contributed by atoms with Crippen molar-refractivity contribution in [3.05, 3.63) is 57.8 Å². The maximum Gasteiger partial charge on any atom is 0.251 e. The Labute approximate surface area is 200 Å². The van der Waals surface area contributed by atoms with Crippen molar-refractivity contribution in [3.8, 4) is 0 Å². The zero-order valence-electron chi connectivity index (χ0n) is 17.7. The van der Waals surface area contributed by atoms with Crippen LogP contribution in [0.2, 0.25) is 0 Å². The highest BCUT2D eigenvalue weighted by Gasteiger charge is 2.24. The molecule has 3 N–H and O–H groups in total. The molecule has 1 saturated heterocycles. The third-order valence-electron chi connectivity index (χ3n) is 5.12. The van der Waals surface area contributed by atoms with E-state index < -0.39 is 0 Å². The first-order chi connectivity index (χ1) is 14.2. The van der Waals surface area contributed by atoms with Crippen molar-refractivity contribution >= 4 is 47.2 Å². The van der Waals surface area contributed by atoms with Crippen LogP contribution < -0.4 is 16.0 Å². The maximum absolute atomic E-state index is 11.7. The van der Waals surface area contributed by atoms with Gasteiger partial charge in [-0.2, -0.15) is 0 Å². The van der Waals surface area contributed by atoms with E-state index in [0.29, 0.717) is 18.2 Å². The number of aliphatic imine (C=N–C) groups is 1. The van der Waals surface area contributed by atoms with E-state index in [2.05, 4.69) is 45.3 Å². The van der Waals surface area contributed by atoms with Gasteiger partial charge < -0.3 is 16.0 Å². The molecule has 1 aromatic heterocycles. The van der Waals surface area contributed by atoms with Crippen LogP contribution in [0.5, 0.6) is 0 Å². The highest BCUT2D eigenvalue weighted by atomic mass is 127. The fourth-order valence-corrected chi connectivity index (χ4v) is 4.42. The van der Waals surface area contributed by atoms with Crippen molar-refractivity contribution in [2.24, 2.45) is 4.99 Å². The first kappa shape index (κ1) is 24.6. The van der Waals surface area contributed by atoms with Gasteiger partial charge in [0.05, 0.1) is 12.6 Å². The first-order valence-electron chi connectivity index (χ1n) is 10.3. The molecule has 0 bridgehead atoms. The van der Waals surface area contributed by atoms with Crippen LogP contribution in [0.1, 0.15) is 46.6 Å². The van der Waals surface area contributed by atoms with Crippen LogP contribution in [0.3, 0.4) is 0 Å². The van der Waals surface area contributed by atoms with Crippen molar-refractivity contribution < 1.29 is 4.79 Å². The molecule has 30 heavy (non-hydrogen) atoms. The summed E-state index contributed by atoms with van der Waals surface area (Å²) in [6.07, 6.45) is 2.56. The minimum absolute atomic E-state index is 0. The minimum atomic E-state index is -0.0726. The zero-order valence-corrected chi connectivity index (χ0v) is 20.8. The Morgan fingerprint density at radius 3 is 2.50 bits per heavy atom. The van der Waals surface area contributed by atoms with Crippen molar-refractivity contribution in [2.75, 3.05) is 33.2 Å². The second-order valence-corrected chi connectivity index (χ2v) is 8.11. The number of carbonyl (C=O) groups is 1. The van der Waals surface area contributed by atoms with Crippen molar-refractivity contribution in [1.29, 1.82) is 0 Å². The summed E-state index contributed by atoms with van der Waals surface area (Å²) < 4.78 is 0. The van der Waals surface area contributed by atoms with Crippen LogP contribution in [0.15, 0.2) is 46.8 Å². The smallest absolute Gasteiger partial charge is 0.251 e. The zero-order chi connectivity index (χ0) is 20.5. The van der Waals surface area contributed by atoms with Crippen molar-refractivity contribution in [2.45, 2.75) is 32.4 Å². The molecule has 1 atom stereocenters. The van der Waals surface area contributed by atoms with E-state index in [9.17, 15) is 4.79 Å². The second-order valence-electron chi connectivity index (χ2n) is 7.13. The number of halogens is 1. The van der Waals surface area contributed by atoms with Crippen molar-refractivity contribution in [3.63, 3.8) is 0 Å². The van der Waals surface area contributed by atoms with Crippen LogP contribution in [0, 0.1) is 0 Å². The molecule has 0 radical (unpaired) electrons. The summed E-state index contributed by atoms with van der Waals surface area (Å²) in [5.74, 6) is 0.750. The summed E-state index contributed by atoms with van der Waals surface area (Å²) in [5, 5.41) is 11.7. The van der Waals surface area contributed by atoms with E-state index in [1.807, 2.05) is 35.6 Å². The number of rotatable bonds is 8. The molecule has 8 heteroatoms. The number of nitrogens with one attached hydrogen (secondary N) is 3. The Hall–Kier alpha value is -1.65. The predicted molar refractivity (Wildman–Crippen MR) is 136 cm³/mol. The van der Waals surface area contributed by atoms with E-state index in [1.54, 1.807) is 7.05 Å². The van der Waals surface area contributed by atoms with E-state index in [-0.39, 0.29) is 29.9 Å². The molecule has 1 unspecified atom stereocenters. The summed E-state index contributed by atoms with van der Waals surface area (Å²) >= 11 is 1.82. The molecule has 1 aliphatic heterocycles. The molecule has 2 aromatic rings. The Kier molecular flexibility index (Phi) is 10.6. The highest BCUT2D eigenvalue weighted by molar-refractivity contribution is 14.0. The number of likely N-dealkylation sites (tertiary alicyclic amines) is 1. The monoisotopic (exact) mass is 541 g/mol. The number of carbonyl (C=O) groups excluding carboxylic acids is 1. The third-order valence-corrected chi connectivity index (χ3v) is 6.10. The average molecular weight is 542 g/mol. The van der Waals surface area contributed by atoms with Gasteiger partial charge in [-0.1, -0.05) is 18.2 Å². The van der Waals surface area contributed by atoms with Crippen LogP contribution in [-0.4, -0.2) is 50.0 Å². The molecule has 0 spiro atoms. The van der Waals surface area contributed by atoms with Gasteiger partial charge in [0.1, 0.15) is 0 Å². The Morgan fingerprint density at radius 1 is 1.17 bits per heavy atom. The number of nitrogens with zero attached hydrogens (tertiary/aromatic N) is 2. The van der Waals surface area contributed by atoms with Gasteiger partial charge in [-0.3, -0.25) is 9.69 Å². The van der Waals surface area contributed by atoms with E-state index in [1.165, 1.54) is 17.7 Å². The van der Waals surface area contributed by atoms with E-state index in [4.69, 9.17) is 4.99 Å². The number of hydrogen-bond acceptors (Lipinski definition) is 4. The molecule has 0 aliphatic carbocycles. The van der Waals surface area contributed by atoms with Gasteiger partial charge in [-0.25, -0.2) is 4.99 Å². The summed E-state index contributed by atoms with van der Waals surface area (Å²) in [5.41, 5.74) is 1.74. The molecular weight excluding hydrogens is 509 g/mol.